The molecule has 1 aromatic heterocycles. The summed E-state index contributed by atoms with van der Waals surface area (Å²) in [5, 5.41) is 12.3. The van der Waals surface area contributed by atoms with E-state index in [0.29, 0.717) is 37.8 Å². The van der Waals surface area contributed by atoms with Crippen LogP contribution in [0.2, 0.25) is 5.02 Å². The first-order valence-electron chi connectivity index (χ1n) is 12.3. The third-order valence-corrected chi connectivity index (χ3v) is 6.61. The van der Waals surface area contributed by atoms with Crippen LogP contribution in [0.4, 0.5) is 0 Å². The molecule has 35 heavy (non-hydrogen) atoms. The molecule has 0 aliphatic carbocycles. The van der Waals surface area contributed by atoms with Gasteiger partial charge in [0.05, 0.1) is 12.6 Å². The zero-order valence-corrected chi connectivity index (χ0v) is 21.8. The highest BCUT2D eigenvalue weighted by molar-refractivity contribution is 6.30. The summed E-state index contributed by atoms with van der Waals surface area (Å²) < 4.78 is 5.20. The normalized spacial score (nSPS) is 12.5. The van der Waals surface area contributed by atoms with Gasteiger partial charge in [-0.1, -0.05) is 55.8 Å². The quantitative estimate of drug-likeness (QED) is 0.314. The van der Waals surface area contributed by atoms with Crippen LogP contribution in [-0.4, -0.2) is 71.8 Å². The number of hydrogen-bond acceptors (Lipinski definition) is 4. The average molecular weight is 500 g/mol. The van der Waals surface area contributed by atoms with Crippen LogP contribution in [0, 0.1) is 5.92 Å². The number of ether oxygens (including phenoxy) is 1. The number of nitrogens with one attached hydrogen (secondary N) is 1. The summed E-state index contributed by atoms with van der Waals surface area (Å²) in [6.45, 7) is 7.14. The van der Waals surface area contributed by atoms with Crippen molar-refractivity contribution in [1.29, 1.82) is 0 Å². The number of aromatic nitrogens is 1. The zero-order valence-electron chi connectivity index (χ0n) is 21.0. The number of aliphatic hydroxyl groups is 1. The summed E-state index contributed by atoms with van der Waals surface area (Å²) in [6.07, 6.45) is 3.11. The van der Waals surface area contributed by atoms with Gasteiger partial charge in [0.2, 0.25) is 5.91 Å². The van der Waals surface area contributed by atoms with Crippen LogP contribution in [0.1, 0.15) is 31.4 Å². The van der Waals surface area contributed by atoms with E-state index in [1.807, 2.05) is 66.2 Å². The molecular weight excluding hydrogens is 462 g/mol. The third-order valence-electron chi connectivity index (χ3n) is 6.36. The van der Waals surface area contributed by atoms with Crippen molar-refractivity contribution in [3.63, 3.8) is 0 Å². The highest BCUT2D eigenvalue weighted by atomic mass is 35.5. The molecule has 1 heterocycles. The van der Waals surface area contributed by atoms with E-state index < -0.39 is 6.10 Å². The lowest BCUT2D eigenvalue weighted by Crippen LogP contribution is -2.44. The van der Waals surface area contributed by atoms with Gasteiger partial charge in [-0.05, 0) is 48.1 Å². The molecule has 2 N–H and O–H groups in total. The molecule has 190 valence electrons. The molecule has 0 fully saturated rings. The minimum absolute atomic E-state index is 0.0492. The van der Waals surface area contributed by atoms with Gasteiger partial charge in [-0.25, -0.2) is 0 Å². The molecule has 0 aliphatic rings. The Bertz CT molecular complexity index is 1050. The number of H-pyrrole nitrogens is 1. The van der Waals surface area contributed by atoms with Gasteiger partial charge >= 0.3 is 0 Å². The number of carbonyl (C=O) groups excluding carboxylic acids is 1. The molecule has 3 rings (SSSR count). The Hall–Kier alpha value is -2.38. The molecule has 1 unspecified atom stereocenters. The standard InChI is InChI=1S/C28H38ClN3O3/c1-21(2)27(33)19-31(14-6-16-35-3)20-28(34)32(18-22-9-11-24(29)12-10-22)15-13-23-17-30-26-8-5-4-7-25(23)26/h4-5,7-12,17,21,27,30,33H,6,13-16,18-20H2,1-3H3. The molecule has 7 heteroatoms. The first-order valence-corrected chi connectivity index (χ1v) is 12.7. The Morgan fingerprint density at radius 1 is 1.11 bits per heavy atom. The van der Waals surface area contributed by atoms with Crippen molar-refractivity contribution in [2.75, 3.05) is 39.9 Å². The largest absolute Gasteiger partial charge is 0.392 e. The van der Waals surface area contributed by atoms with Crippen LogP contribution in [0.5, 0.6) is 0 Å². The predicted molar refractivity (Wildman–Crippen MR) is 143 cm³/mol. The molecule has 3 aromatic rings. The molecule has 1 atom stereocenters. The number of benzene rings is 2. The topological polar surface area (TPSA) is 68.8 Å². The molecule has 6 nitrogen and oxygen atoms in total. The number of amides is 1. The maximum Gasteiger partial charge on any atom is 0.237 e. The van der Waals surface area contributed by atoms with E-state index in [0.717, 1.165) is 23.9 Å². The van der Waals surface area contributed by atoms with Crippen molar-refractivity contribution in [2.24, 2.45) is 5.92 Å². The molecule has 0 saturated carbocycles. The monoisotopic (exact) mass is 499 g/mol. The number of aliphatic hydroxyl groups excluding tert-OH is 1. The number of fused-ring (bicyclic) bond motifs is 1. The summed E-state index contributed by atoms with van der Waals surface area (Å²) in [5.41, 5.74) is 3.33. The summed E-state index contributed by atoms with van der Waals surface area (Å²) in [4.78, 5) is 20.9. The van der Waals surface area contributed by atoms with Crippen molar-refractivity contribution < 1.29 is 14.6 Å². The van der Waals surface area contributed by atoms with Gasteiger partial charge in [-0.15, -0.1) is 0 Å². The van der Waals surface area contributed by atoms with E-state index in [-0.39, 0.29) is 18.4 Å². The van der Waals surface area contributed by atoms with Gasteiger partial charge in [0, 0.05) is 62.0 Å². The van der Waals surface area contributed by atoms with Crippen molar-refractivity contribution in [3.8, 4) is 0 Å². The minimum atomic E-state index is -0.485. The second-order valence-corrected chi connectivity index (χ2v) is 9.88. The molecule has 1 amide bonds. The predicted octanol–water partition coefficient (Wildman–Crippen LogP) is 4.75. The van der Waals surface area contributed by atoms with Gasteiger partial charge < -0.3 is 19.7 Å². The molecule has 0 saturated heterocycles. The Labute approximate surface area is 213 Å². The van der Waals surface area contributed by atoms with E-state index in [9.17, 15) is 9.90 Å². The highest BCUT2D eigenvalue weighted by Gasteiger charge is 2.21. The number of carbonyl (C=O) groups is 1. The lowest BCUT2D eigenvalue weighted by atomic mass is 10.1. The molecule has 2 aromatic carbocycles. The van der Waals surface area contributed by atoms with Crippen molar-refractivity contribution in [3.05, 3.63) is 70.9 Å². The zero-order chi connectivity index (χ0) is 25.2. The summed E-state index contributed by atoms with van der Waals surface area (Å²) in [6, 6.07) is 15.9. The first kappa shape index (κ1) is 27.2. The fraction of sp³-hybridized carbons (Fsp3) is 0.464. The van der Waals surface area contributed by atoms with Crippen LogP contribution in [-0.2, 0) is 22.5 Å². The fourth-order valence-electron chi connectivity index (χ4n) is 4.13. The SMILES string of the molecule is COCCCN(CC(=O)N(CCc1c[nH]c2ccccc12)Cc1ccc(Cl)cc1)CC(O)C(C)C. The average Bonchev–Trinajstić information content (AvgIpc) is 3.26. The van der Waals surface area contributed by atoms with E-state index in [1.54, 1.807) is 7.11 Å². The summed E-state index contributed by atoms with van der Waals surface area (Å²) in [7, 11) is 1.68. The molecular formula is C28H38ClN3O3. The number of halogens is 1. The molecule has 0 aliphatic heterocycles. The van der Waals surface area contributed by atoms with E-state index >= 15 is 0 Å². The second-order valence-electron chi connectivity index (χ2n) is 9.44. The van der Waals surface area contributed by atoms with Crippen LogP contribution in [0.3, 0.4) is 0 Å². The molecule has 0 spiro atoms. The Morgan fingerprint density at radius 3 is 2.57 bits per heavy atom. The Balaban J connectivity index is 1.74. The van der Waals surface area contributed by atoms with Crippen molar-refractivity contribution in [1.82, 2.24) is 14.8 Å². The maximum atomic E-state index is 13.6. The summed E-state index contributed by atoms with van der Waals surface area (Å²) in [5.74, 6) is 0.176. The Kier molecular flexibility index (Phi) is 10.6. The summed E-state index contributed by atoms with van der Waals surface area (Å²) >= 11 is 6.07. The van der Waals surface area contributed by atoms with Crippen molar-refractivity contribution in [2.45, 2.75) is 39.3 Å². The minimum Gasteiger partial charge on any atom is -0.392 e. The van der Waals surface area contributed by atoms with E-state index in [1.165, 1.54) is 10.9 Å². The van der Waals surface area contributed by atoms with Crippen LogP contribution < -0.4 is 0 Å². The lowest BCUT2D eigenvalue weighted by Gasteiger charge is -2.30. The van der Waals surface area contributed by atoms with Gasteiger partial charge in [-0.3, -0.25) is 9.69 Å². The maximum absolute atomic E-state index is 13.6. The number of methoxy groups -OCH3 is 1. The molecule has 0 radical (unpaired) electrons. The van der Waals surface area contributed by atoms with E-state index in [2.05, 4.69) is 17.1 Å². The van der Waals surface area contributed by atoms with Gasteiger partial charge in [0.25, 0.3) is 0 Å². The first-order chi connectivity index (χ1) is 16.9. The van der Waals surface area contributed by atoms with Gasteiger partial charge in [0.15, 0.2) is 0 Å². The van der Waals surface area contributed by atoms with Gasteiger partial charge in [0.1, 0.15) is 0 Å². The Morgan fingerprint density at radius 2 is 1.86 bits per heavy atom. The van der Waals surface area contributed by atoms with E-state index in [4.69, 9.17) is 16.3 Å². The smallest absolute Gasteiger partial charge is 0.237 e. The van der Waals surface area contributed by atoms with Crippen molar-refractivity contribution >= 4 is 28.4 Å². The van der Waals surface area contributed by atoms with Gasteiger partial charge in [-0.2, -0.15) is 0 Å². The number of hydrogen-bond donors (Lipinski definition) is 2. The van der Waals surface area contributed by atoms with Crippen LogP contribution >= 0.6 is 11.6 Å². The third kappa shape index (κ3) is 8.36. The number of aromatic amines is 1. The number of para-hydroxylation sites is 1. The molecule has 0 bridgehead atoms. The highest BCUT2D eigenvalue weighted by Crippen LogP contribution is 2.19. The number of nitrogens with zero attached hydrogens (tertiary/aromatic N) is 2. The fourth-order valence-corrected chi connectivity index (χ4v) is 4.26. The van der Waals surface area contributed by atoms with Crippen LogP contribution in [0.25, 0.3) is 10.9 Å². The number of rotatable bonds is 14. The second kappa shape index (κ2) is 13.6. The van der Waals surface area contributed by atoms with Crippen LogP contribution in [0.15, 0.2) is 54.7 Å². The lowest BCUT2D eigenvalue weighted by molar-refractivity contribution is -0.133.